The van der Waals surface area contributed by atoms with Gasteiger partial charge in [-0.3, -0.25) is 0 Å². The first-order chi connectivity index (χ1) is 12.1. The van der Waals surface area contributed by atoms with Crippen molar-refractivity contribution in [2.24, 2.45) is 0 Å². The molecule has 0 spiro atoms. The summed E-state index contributed by atoms with van der Waals surface area (Å²) in [7, 11) is 0. The third-order valence-corrected chi connectivity index (χ3v) is 4.53. The Balaban J connectivity index is 1.56. The van der Waals surface area contributed by atoms with E-state index in [4.69, 9.17) is 4.74 Å². The quantitative estimate of drug-likeness (QED) is 0.875. The average Bonchev–Trinajstić information content (AvgIpc) is 2.61. The molecule has 1 saturated heterocycles. The van der Waals surface area contributed by atoms with E-state index >= 15 is 0 Å². The van der Waals surface area contributed by atoms with Gasteiger partial charge in [-0.1, -0.05) is 12.1 Å². The second-order valence-electron chi connectivity index (χ2n) is 6.66. The van der Waals surface area contributed by atoms with Crippen LogP contribution in [0.1, 0.15) is 36.8 Å². The third kappa shape index (κ3) is 4.92. The smallest absolute Gasteiger partial charge is 0.132 e. The van der Waals surface area contributed by atoms with E-state index in [0.29, 0.717) is 12.6 Å². The van der Waals surface area contributed by atoms with Crippen molar-refractivity contribution in [3.05, 3.63) is 47.4 Å². The first-order valence-electron chi connectivity index (χ1n) is 9.16. The second kappa shape index (κ2) is 8.30. The van der Waals surface area contributed by atoms with Crippen LogP contribution < -0.4 is 15.0 Å². The molecule has 0 bridgehead atoms. The number of nitrogens with one attached hydrogen (secondary N) is 1. The molecule has 0 saturated carbocycles. The Morgan fingerprint density at radius 3 is 2.72 bits per heavy atom. The van der Waals surface area contributed by atoms with Gasteiger partial charge in [0.2, 0.25) is 0 Å². The van der Waals surface area contributed by atoms with Crippen LogP contribution in [-0.4, -0.2) is 35.7 Å². The molecule has 1 N–H and O–H groups in total. The van der Waals surface area contributed by atoms with E-state index in [9.17, 15) is 0 Å². The van der Waals surface area contributed by atoms with Crippen LogP contribution in [0.15, 0.2) is 30.3 Å². The van der Waals surface area contributed by atoms with E-state index in [-0.39, 0.29) is 0 Å². The highest BCUT2D eigenvalue weighted by molar-refractivity contribution is 5.40. The van der Waals surface area contributed by atoms with Crippen molar-refractivity contribution in [3.63, 3.8) is 0 Å². The van der Waals surface area contributed by atoms with Crippen LogP contribution in [0.5, 0.6) is 5.75 Å². The van der Waals surface area contributed by atoms with E-state index in [1.165, 1.54) is 18.4 Å². The van der Waals surface area contributed by atoms with Crippen molar-refractivity contribution in [2.75, 3.05) is 24.6 Å². The van der Waals surface area contributed by atoms with E-state index < -0.39 is 0 Å². The highest BCUT2D eigenvalue weighted by atomic mass is 16.5. The standard InChI is InChI=1S/C20H28N4O/c1-4-25-19-9-7-17(8-10-19)13-21-18-6-5-11-24(14-18)20-12-15(2)22-16(3)23-20/h7-10,12,18,21H,4-6,11,13-14H2,1-3H3. The summed E-state index contributed by atoms with van der Waals surface area (Å²) in [5.41, 5.74) is 2.32. The number of ether oxygens (including phenoxy) is 1. The molecule has 1 atom stereocenters. The van der Waals surface area contributed by atoms with Crippen LogP contribution in [0.4, 0.5) is 5.82 Å². The van der Waals surface area contributed by atoms with Gasteiger partial charge >= 0.3 is 0 Å². The van der Waals surface area contributed by atoms with Crippen molar-refractivity contribution >= 4 is 5.82 Å². The SMILES string of the molecule is CCOc1ccc(CNC2CCCN(c3cc(C)nc(C)n3)C2)cc1. The summed E-state index contributed by atoms with van der Waals surface area (Å²) < 4.78 is 5.50. The van der Waals surface area contributed by atoms with Crippen molar-refractivity contribution in [2.45, 2.75) is 46.2 Å². The van der Waals surface area contributed by atoms with Gasteiger partial charge in [0.15, 0.2) is 0 Å². The minimum atomic E-state index is 0.482. The number of anilines is 1. The minimum absolute atomic E-state index is 0.482. The van der Waals surface area contributed by atoms with Crippen LogP contribution in [0, 0.1) is 13.8 Å². The monoisotopic (exact) mass is 340 g/mol. The van der Waals surface area contributed by atoms with Gasteiger partial charge in [0, 0.05) is 37.4 Å². The Morgan fingerprint density at radius 2 is 2.00 bits per heavy atom. The maximum Gasteiger partial charge on any atom is 0.132 e. The normalized spacial score (nSPS) is 17.6. The summed E-state index contributed by atoms with van der Waals surface area (Å²) in [6, 6.07) is 10.9. The zero-order valence-corrected chi connectivity index (χ0v) is 15.5. The summed E-state index contributed by atoms with van der Waals surface area (Å²) in [6.07, 6.45) is 2.39. The molecule has 1 fully saturated rings. The number of aryl methyl sites for hydroxylation is 2. The fourth-order valence-electron chi connectivity index (χ4n) is 3.34. The predicted molar refractivity (Wildman–Crippen MR) is 101 cm³/mol. The van der Waals surface area contributed by atoms with Crippen LogP contribution in [-0.2, 0) is 6.54 Å². The molecule has 3 rings (SSSR count). The zero-order valence-electron chi connectivity index (χ0n) is 15.5. The van der Waals surface area contributed by atoms with Gasteiger partial charge in [0.05, 0.1) is 6.61 Å². The number of benzene rings is 1. The Hall–Kier alpha value is -2.14. The highest BCUT2D eigenvalue weighted by Crippen LogP contribution is 2.19. The van der Waals surface area contributed by atoms with E-state index in [1.54, 1.807) is 0 Å². The molecule has 1 unspecified atom stereocenters. The summed E-state index contributed by atoms with van der Waals surface area (Å²) in [4.78, 5) is 11.4. The lowest BCUT2D eigenvalue weighted by molar-refractivity contribution is 0.340. The topological polar surface area (TPSA) is 50.3 Å². The van der Waals surface area contributed by atoms with Gasteiger partial charge in [-0.05, 0) is 51.3 Å². The molecule has 1 aromatic heterocycles. The fourth-order valence-corrected chi connectivity index (χ4v) is 3.34. The number of nitrogens with zero attached hydrogens (tertiary/aromatic N) is 3. The van der Waals surface area contributed by atoms with Gasteiger partial charge in [-0.15, -0.1) is 0 Å². The minimum Gasteiger partial charge on any atom is -0.494 e. The van der Waals surface area contributed by atoms with Crippen LogP contribution in [0.2, 0.25) is 0 Å². The Morgan fingerprint density at radius 1 is 1.20 bits per heavy atom. The fraction of sp³-hybridized carbons (Fsp3) is 0.500. The van der Waals surface area contributed by atoms with Gasteiger partial charge in [-0.25, -0.2) is 9.97 Å². The number of aromatic nitrogens is 2. The second-order valence-corrected chi connectivity index (χ2v) is 6.66. The molecular formula is C20H28N4O. The van der Waals surface area contributed by atoms with Crippen LogP contribution in [0.3, 0.4) is 0 Å². The molecule has 0 amide bonds. The zero-order chi connectivity index (χ0) is 17.6. The van der Waals surface area contributed by atoms with Crippen LogP contribution in [0.25, 0.3) is 0 Å². The van der Waals surface area contributed by atoms with E-state index in [2.05, 4.69) is 38.4 Å². The maximum atomic E-state index is 5.50. The number of hydrogen-bond acceptors (Lipinski definition) is 5. The van der Waals surface area contributed by atoms with E-state index in [0.717, 1.165) is 42.7 Å². The molecule has 0 radical (unpaired) electrons. The largest absolute Gasteiger partial charge is 0.494 e. The summed E-state index contributed by atoms with van der Waals surface area (Å²) in [5, 5.41) is 3.69. The average molecular weight is 340 g/mol. The van der Waals surface area contributed by atoms with E-state index in [1.807, 2.05) is 32.9 Å². The first kappa shape index (κ1) is 17.7. The Labute approximate surface area is 150 Å². The molecule has 1 aliphatic heterocycles. The number of rotatable bonds is 6. The lowest BCUT2D eigenvalue weighted by atomic mass is 10.0. The van der Waals surface area contributed by atoms with Crippen LogP contribution >= 0.6 is 0 Å². The molecule has 0 aliphatic carbocycles. The molecule has 5 nitrogen and oxygen atoms in total. The van der Waals surface area contributed by atoms with Crippen molar-refractivity contribution in [1.29, 1.82) is 0 Å². The van der Waals surface area contributed by atoms with Gasteiger partial charge < -0.3 is 15.0 Å². The Kier molecular flexibility index (Phi) is 5.87. The molecule has 5 heteroatoms. The summed E-state index contributed by atoms with van der Waals surface area (Å²) in [6.45, 7) is 9.64. The molecule has 134 valence electrons. The molecular weight excluding hydrogens is 312 g/mol. The van der Waals surface area contributed by atoms with Crippen molar-refractivity contribution in [3.8, 4) is 5.75 Å². The number of piperidine rings is 1. The highest BCUT2D eigenvalue weighted by Gasteiger charge is 2.21. The molecule has 25 heavy (non-hydrogen) atoms. The lowest BCUT2D eigenvalue weighted by Crippen LogP contribution is -2.45. The molecule has 2 heterocycles. The lowest BCUT2D eigenvalue weighted by Gasteiger charge is -2.34. The van der Waals surface area contributed by atoms with Gasteiger partial charge in [0.25, 0.3) is 0 Å². The van der Waals surface area contributed by atoms with Crippen molar-refractivity contribution in [1.82, 2.24) is 15.3 Å². The molecule has 1 aliphatic rings. The maximum absolute atomic E-state index is 5.50. The van der Waals surface area contributed by atoms with Gasteiger partial charge in [0.1, 0.15) is 17.4 Å². The molecule has 2 aromatic rings. The molecule has 1 aromatic carbocycles. The third-order valence-electron chi connectivity index (χ3n) is 4.53. The van der Waals surface area contributed by atoms with Gasteiger partial charge in [-0.2, -0.15) is 0 Å². The van der Waals surface area contributed by atoms with Crippen molar-refractivity contribution < 1.29 is 4.74 Å². The first-order valence-corrected chi connectivity index (χ1v) is 9.16. The summed E-state index contributed by atoms with van der Waals surface area (Å²) >= 11 is 0. The predicted octanol–water partition coefficient (Wildman–Crippen LogP) is 3.25. The number of hydrogen-bond donors (Lipinski definition) is 1. The Bertz CT molecular complexity index is 666. The summed E-state index contributed by atoms with van der Waals surface area (Å²) in [5.74, 6) is 2.83.